The summed E-state index contributed by atoms with van der Waals surface area (Å²) in [7, 11) is 0. The van der Waals surface area contributed by atoms with Gasteiger partial charge in [0, 0.05) is 5.56 Å². The van der Waals surface area contributed by atoms with Crippen molar-refractivity contribution >= 4 is 12.6 Å². The van der Waals surface area contributed by atoms with Crippen LogP contribution in [-0.4, -0.2) is 15.2 Å². The van der Waals surface area contributed by atoms with Crippen LogP contribution in [0.1, 0.15) is 51.0 Å². The SMILES string of the molecule is CCCCCCCCc1ccc(-c2nnc(S)[nH]2)cc1. The van der Waals surface area contributed by atoms with Crippen LogP contribution in [0.5, 0.6) is 0 Å². The van der Waals surface area contributed by atoms with E-state index in [9.17, 15) is 0 Å². The second-order valence-corrected chi connectivity index (χ2v) is 5.64. The summed E-state index contributed by atoms with van der Waals surface area (Å²) in [5.41, 5.74) is 2.46. The van der Waals surface area contributed by atoms with Gasteiger partial charge in [-0.05, 0) is 18.4 Å². The fourth-order valence-corrected chi connectivity index (χ4v) is 2.47. The van der Waals surface area contributed by atoms with E-state index in [1.54, 1.807) is 0 Å². The predicted octanol–water partition coefficient (Wildman–Crippen LogP) is 4.66. The normalized spacial score (nSPS) is 10.9. The number of aromatic amines is 1. The van der Waals surface area contributed by atoms with Gasteiger partial charge < -0.3 is 4.98 Å². The number of benzene rings is 1. The zero-order valence-electron chi connectivity index (χ0n) is 12.1. The maximum Gasteiger partial charge on any atom is 0.185 e. The topological polar surface area (TPSA) is 41.6 Å². The standard InChI is InChI=1S/C16H23N3S/c1-2-3-4-5-6-7-8-13-9-11-14(12-10-13)15-17-16(20)19-18-15/h9-12H,2-8H2,1H3,(H2,17,18,19,20). The molecule has 20 heavy (non-hydrogen) atoms. The van der Waals surface area contributed by atoms with Crippen molar-refractivity contribution in [1.82, 2.24) is 15.2 Å². The molecular formula is C16H23N3S. The van der Waals surface area contributed by atoms with Crippen LogP contribution in [0.2, 0.25) is 0 Å². The van der Waals surface area contributed by atoms with E-state index in [4.69, 9.17) is 0 Å². The number of nitrogens with zero attached hydrogens (tertiary/aromatic N) is 2. The first-order chi connectivity index (χ1) is 9.79. The minimum atomic E-state index is 0.552. The summed E-state index contributed by atoms with van der Waals surface area (Å²) in [6, 6.07) is 8.56. The average molecular weight is 289 g/mol. The molecule has 4 heteroatoms. The van der Waals surface area contributed by atoms with Crippen LogP contribution >= 0.6 is 12.6 Å². The molecule has 0 fully saturated rings. The van der Waals surface area contributed by atoms with Crippen molar-refractivity contribution in [3.63, 3.8) is 0 Å². The minimum Gasteiger partial charge on any atom is -0.316 e. The molecule has 0 bridgehead atoms. The van der Waals surface area contributed by atoms with E-state index in [0.29, 0.717) is 5.16 Å². The lowest BCUT2D eigenvalue weighted by Crippen LogP contribution is -1.87. The fourth-order valence-electron chi connectivity index (χ4n) is 2.32. The first-order valence-electron chi connectivity index (χ1n) is 7.50. The van der Waals surface area contributed by atoms with E-state index in [0.717, 1.165) is 11.4 Å². The number of aromatic nitrogens is 3. The Morgan fingerprint density at radius 2 is 1.65 bits per heavy atom. The molecule has 3 nitrogen and oxygen atoms in total. The van der Waals surface area contributed by atoms with Gasteiger partial charge in [0.2, 0.25) is 0 Å². The highest BCUT2D eigenvalue weighted by molar-refractivity contribution is 7.80. The quantitative estimate of drug-likeness (QED) is 0.548. The van der Waals surface area contributed by atoms with Crippen molar-refractivity contribution in [3.05, 3.63) is 29.8 Å². The van der Waals surface area contributed by atoms with Crippen molar-refractivity contribution < 1.29 is 0 Å². The summed E-state index contributed by atoms with van der Waals surface area (Å²) in [5.74, 6) is 0.779. The molecule has 1 N–H and O–H groups in total. The van der Waals surface area contributed by atoms with Gasteiger partial charge in [-0.2, -0.15) is 0 Å². The highest BCUT2D eigenvalue weighted by atomic mass is 32.1. The monoisotopic (exact) mass is 289 g/mol. The first-order valence-corrected chi connectivity index (χ1v) is 7.95. The van der Waals surface area contributed by atoms with Gasteiger partial charge in [-0.3, -0.25) is 0 Å². The third-order valence-corrected chi connectivity index (χ3v) is 3.72. The lowest BCUT2D eigenvalue weighted by atomic mass is 10.0. The summed E-state index contributed by atoms with van der Waals surface area (Å²) in [6.45, 7) is 2.26. The zero-order valence-corrected chi connectivity index (χ0v) is 13.0. The van der Waals surface area contributed by atoms with E-state index in [2.05, 4.69) is 59.0 Å². The number of aryl methyl sites for hydroxylation is 1. The molecule has 0 saturated heterocycles. The van der Waals surface area contributed by atoms with Gasteiger partial charge in [-0.1, -0.05) is 63.3 Å². The Kier molecular flexibility index (Phi) is 6.12. The summed E-state index contributed by atoms with van der Waals surface area (Å²) >= 11 is 4.13. The number of nitrogens with one attached hydrogen (secondary N) is 1. The van der Waals surface area contributed by atoms with Crippen molar-refractivity contribution in [2.24, 2.45) is 0 Å². The molecule has 0 saturated carbocycles. The summed E-state index contributed by atoms with van der Waals surface area (Å²) in [6.07, 6.45) is 9.23. The maximum atomic E-state index is 4.13. The highest BCUT2D eigenvalue weighted by Crippen LogP contribution is 2.17. The van der Waals surface area contributed by atoms with Gasteiger partial charge >= 0.3 is 0 Å². The third-order valence-electron chi connectivity index (χ3n) is 3.52. The van der Waals surface area contributed by atoms with E-state index >= 15 is 0 Å². The molecule has 2 rings (SSSR count). The Labute approximate surface area is 126 Å². The Balaban J connectivity index is 1.77. The van der Waals surface area contributed by atoms with Crippen LogP contribution in [0.15, 0.2) is 29.4 Å². The number of hydrogen-bond acceptors (Lipinski definition) is 3. The Morgan fingerprint density at radius 1 is 0.950 bits per heavy atom. The molecular weight excluding hydrogens is 266 g/mol. The average Bonchev–Trinajstić information content (AvgIpc) is 2.90. The molecule has 0 radical (unpaired) electrons. The Morgan fingerprint density at radius 3 is 2.30 bits per heavy atom. The number of H-pyrrole nitrogens is 1. The predicted molar refractivity (Wildman–Crippen MR) is 86.2 cm³/mol. The van der Waals surface area contributed by atoms with E-state index in [1.807, 2.05) is 0 Å². The minimum absolute atomic E-state index is 0.552. The van der Waals surface area contributed by atoms with Gasteiger partial charge in [0.1, 0.15) is 0 Å². The van der Waals surface area contributed by atoms with Gasteiger partial charge in [-0.15, -0.1) is 22.8 Å². The first kappa shape index (κ1) is 15.1. The van der Waals surface area contributed by atoms with Crippen LogP contribution in [0.3, 0.4) is 0 Å². The molecule has 0 unspecified atom stereocenters. The molecule has 0 atom stereocenters. The van der Waals surface area contributed by atoms with Crippen molar-refractivity contribution in [3.8, 4) is 11.4 Å². The third kappa shape index (κ3) is 4.67. The lowest BCUT2D eigenvalue weighted by molar-refractivity contribution is 0.607. The molecule has 0 aliphatic rings. The summed E-state index contributed by atoms with van der Waals surface area (Å²) < 4.78 is 0. The lowest BCUT2D eigenvalue weighted by Gasteiger charge is -2.03. The van der Waals surface area contributed by atoms with Gasteiger partial charge in [0.25, 0.3) is 0 Å². The van der Waals surface area contributed by atoms with Gasteiger partial charge in [0.15, 0.2) is 11.0 Å². The summed E-state index contributed by atoms with van der Waals surface area (Å²) in [4.78, 5) is 3.03. The largest absolute Gasteiger partial charge is 0.316 e. The smallest absolute Gasteiger partial charge is 0.185 e. The van der Waals surface area contributed by atoms with E-state index < -0.39 is 0 Å². The number of rotatable bonds is 8. The molecule has 108 valence electrons. The Bertz CT molecular complexity index is 505. The highest BCUT2D eigenvalue weighted by Gasteiger charge is 2.03. The van der Waals surface area contributed by atoms with Crippen LogP contribution < -0.4 is 0 Å². The van der Waals surface area contributed by atoms with E-state index in [1.165, 1.54) is 50.5 Å². The molecule has 1 aromatic carbocycles. The van der Waals surface area contributed by atoms with Crippen molar-refractivity contribution in [1.29, 1.82) is 0 Å². The van der Waals surface area contributed by atoms with Gasteiger partial charge in [-0.25, -0.2) is 0 Å². The summed E-state index contributed by atoms with van der Waals surface area (Å²) in [5, 5.41) is 8.45. The molecule has 0 aliphatic heterocycles. The van der Waals surface area contributed by atoms with Crippen LogP contribution in [0.25, 0.3) is 11.4 Å². The number of unbranched alkanes of at least 4 members (excludes halogenated alkanes) is 5. The second-order valence-electron chi connectivity index (χ2n) is 5.21. The number of thiol groups is 1. The molecule has 2 aromatic rings. The second kappa shape index (κ2) is 8.10. The molecule has 0 amide bonds. The fraction of sp³-hybridized carbons (Fsp3) is 0.500. The molecule has 0 aliphatic carbocycles. The van der Waals surface area contributed by atoms with Crippen LogP contribution in [-0.2, 0) is 6.42 Å². The molecule has 0 spiro atoms. The van der Waals surface area contributed by atoms with Crippen LogP contribution in [0, 0.1) is 0 Å². The van der Waals surface area contributed by atoms with Gasteiger partial charge in [0.05, 0.1) is 0 Å². The van der Waals surface area contributed by atoms with Crippen molar-refractivity contribution in [2.45, 2.75) is 57.0 Å². The maximum absolute atomic E-state index is 4.13. The molecule has 1 heterocycles. The van der Waals surface area contributed by atoms with Crippen LogP contribution in [0.4, 0.5) is 0 Å². The zero-order chi connectivity index (χ0) is 14.2. The number of hydrogen-bond donors (Lipinski definition) is 2. The Hall–Kier alpha value is -1.29. The van der Waals surface area contributed by atoms with Crippen molar-refractivity contribution in [2.75, 3.05) is 0 Å². The van der Waals surface area contributed by atoms with E-state index in [-0.39, 0.29) is 0 Å². The molecule has 1 aromatic heterocycles.